The van der Waals surface area contributed by atoms with Gasteiger partial charge in [-0.1, -0.05) is 23.8 Å². The molecule has 10 rings (SSSR count). The van der Waals surface area contributed by atoms with Crippen LogP contribution in [0, 0.1) is 36.5 Å². The van der Waals surface area contributed by atoms with Gasteiger partial charge in [0.2, 0.25) is 0 Å². The van der Waals surface area contributed by atoms with Gasteiger partial charge in [-0.3, -0.25) is 19.2 Å². The summed E-state index contributed by atoms with van der Waals surface area (Å²) in [6.45, 7) is 5.19. The van der Waals surface area contributed by atoms with Crippen molar-refractivity contribution in [1.29, 1.82) is 0 Å². The molecule has 2 amide bonds. The molecule has 10 heteroatoms. The average Bonchev–Trinajstić information content (AvgIpc) is 3.68. The van der Waals surface area contributed by atoms with Crippen LogP contribution in [-0.4, -0.2) is 70.5 Å². The van der Waals surface area contributed by atoms with Crippen molar-refractivity contribution in [3.05, 3.63) is 107 Å². The zero-order valence-corrected chi connectivity index (χ0v) is 28.3. The number of hydrogen-bond donors (Lipinski definition) is 2. The first kappa shape index (κ1) is 30.4. The van der Waals surface area contributed by atoms with E-state index in [9.17, 15) is 19.2 Å². The summed E-state index contributed by atoms with van der Waals surface area (Å²) in [6, 6.07) is 11.7. The van der Waals surface area contributed by atoms with Crippen LogP contribution < -0.4 is 9.47 Å². The summed E-state index contributed by atoms with van der Waals surface area (Å²) in [7, 11) is 3.22. The summed E-state index contributed by atoms with van der Waals surface area (Å²) < 4.78 is 11.0. The second-order valence-electron chi connectivity index (χ2n) is 14.3. The molecule has 2 aromatic carbocycles. The predicted molar refractivity (Wildman–Crippen MR) is 187 cm³/mol. The molecule has 0 bridgehead atoms. The van der Waals surface area contributed by atoms with E-state index >= 15 is 0 Å². The quantitative estimate of drug-likeness (QED) is 0.278. The Kier molecular flexibility index (Phi) is 6.35. The minimum absolute atomic E-state index is 0.0419. The van der Waals surface area contributed by atoms with Crippen molar-refractivity contribution in [3.63, 3.8) is 0 Å². The Morgan fingerprint density at radius 3 is 1.92 bits per heavy atom. The highest BCUT2D eigenvalue weighted by atomic mass is 16.5. The number of methoxy groups -OCH3 is 2. The van der Waals surface area contributed by atoms with Crippen molar-refractivity contribution in [1.82, 2.24) is 19.8 Å². The molecule has 6 aliphatic rings. The summed E-state index contributed by atoms with van der Waals surface area (Å²) in [4.78, 5) is 60.8. The van der Waals surface area contributed by atoms with E-state index in [0.717, 1.165) is 51.6 Å². The van der Waals surface area contributed by atoms with E-state index < -0.39 is 10.8 Å². The van der Waals surface area contributed by atoms with E-state index in [0.29, 0.717) is 41.9 Å². The number of carbonyl (C=O) groups excluding carboxylic acids is 4. The molecule has 4 aliphatic carbocycles. The number of ketones is 2. The number of likely N-dealkylation sites (tertiary alicyclic amines) is 2. The fraction of sp³-hybridized carbons (Fsp3) is 0.300. The number of rotatable bonds is 4. The van der Waals surface area contributed by atoms with Gasteiger partial charge in [0.1, 0.15) is 22.9 Å². The second-order valence-corrected chi connectivity index (χ2v) is 14.3. The summed E-state index contributed by atoms with van der Waals surface area (Å²) in [5, 5.41) is 1.89. The van der Waals surface area contributed by atoms with Gasteiger partial charge in [-0.2, -0.15) is 0 Å². The minimum atomic E-state index is -0.450. The number of aryl methyl sites for hydroxylation is 1. The maximum absolute atomic E-state index is 13.2. The number of H-pyrrole nitrogens is 2. The highest BCUT2D eigenvalue weighted by Crippen LogP contribution is 2.66. The Morgan fingerprint density at radius 1 is 0.760 bits per heavy atom. The van der Waals surface area contributed by atoms with E-state index in [1.807, 2.05) is 56.3 Å². The Labute approximate surface area is 288 Å². The van der Waals surface area contributed by atoms with Crippen LogP contribution in [0.25, 0.3) is 21.8 Å². The van der Waals surface area contributed by atoms with Gasteiger partial charge in [-0.05, 0) is 93.2 Å². The lowest BCUT2D eigenvalue weighted by Crippen LogP contribution is -2.32. The van der Waals surface area contributed by atoms with Crippen LogP contribution in [-0.2, 0) is 9.59 Å². The Balaban J connectivity index is 0.000000136. The van der Waals surface area contributed by atoms with E-state index in [-0.39, 0.29) is 29.3 Å². The fourth-order valence-corrected chi connectivity index (χ4v) is 8.88. The van der Waals surface area contributed by atoms with Crippen LogP contribution in [0.4, 0.5) is 0 Å². The summed E-state index contributed by atoms with van der Waals surface area (Å²) in [5.74, 6) is 2.03. The number of nitrogens with one attached hydrogen (secondary N) is 2. The van der Waals surface area contributed by atoms with Crippen LogP contribution in [0.1, 0.15) is 44.9 Å². The summed E-state index contributed by atoms with van der Waals surface area (Å²) in [6.07, 6.45) is 12.3. The number of hydrogen-bond acceptors (Lipinski definition) is 6. The van der Waals surface area contributed by atoms with Gasteiger partial charge in [0.05, 0.1) is 30.6 Å². The van der Waals surface area contributed by atoms with Gasteiger partial charge >= 0.3 is 0 Å². The number of amides is 2. The standard InChI is InChI=1S/C21H20N2O4.C19H16N2O2/c1-11-15(26-2)8-12-7-14(22-18(12)19(11)27-3)20(25)23-10-13-9-21(13)16(23)5-4-6-17(21)24;1-11-5-6-14-12(7-11)8-15(20-14)18(23)21-10-13-9-19(13)16(21)3-2-4-17(19)22/h4-8,13,22H,9-10H2,1-3H3;2-8,13,20H,9-10H2,1H3. The van der Waals surface area contributed by atoms with E-state index in [4.69, 9.17) is 9.47 Å². The third kappa shape index (κ3) is 4.07. The van der Waals surface area contributed by atoms with Crippen LogP contribution in [0.15, 0.2) is 84.2 Å². The number of aromatic nitrogens is 2. The van der Waals surface area contributed by atoms with Gasteiger partial charge < -0.3 is 29.2 Å². The molecule has 4 aromatic rings. The first-order valence-electron chi connectivity index (χ1n) is 16.9. The van der Waals surface area contributed by atoms with Crippen molar-refractivity contribution in [3.8, 4) is 11.5 Å². The molecule has 4 atom stereocenters. The number of benzene rings is 2. The number of aromatic amines is 2. The summed E-state index contributed by atoms with van der Waals surface area (Å²) >= 11 is 0. The molecular formula is C40H36N4O6. The number of fused-ring (bicyclic) bond motifs is 2. The highest BCUT2D eigenvalue weighted by molar-refractivity contribution is 6.07. The largest absolute Gasteiger partial charge is 0.496 e. The lowest BCUT2D eigenvalue weighted by atomic mass is 9.91. The normalized spacial score (nSPS) is 26.5. The summed E-state index contributed by atoms with van der Waals surface area (Å²) in [5.41, 5.74) is 5.72. The lowest BCUT2D eigenvalue weighted by Gasteiger charge is -2.24. The zero-order valence-electron chi connectivity index (χ0n) is 28.3. The van der Waals surface area contributed by atoms with E-state index in [2.05, 4.69) is 16.0 Å². The Morgan fingerprint density at radius 2 is 1.34 bits per heavy atom. The van der Waals surface area contributed by atoms with Gasteiger partial charge in [-0.15, -0.1) is 0 Å². The molecule has 2 N–H and O–H groups in total. The van der Waals surface area contributed by atoms with Gasteiger partial charge in [0, 0.05) is 46.3 Å². The van der Waals surface area contributed by atoms with Crippen LogP contribution in [0.5, 0.6) is 11.5 Å². The monoisotopic (exact) mass is 668 g/mol. The molecule has 2 spiro atoms. The number of piperidine rings is 2. The second kappa shape index (κ2) is 10.4. The number of carbonyl (C=O) groups is 4. The SMILES string of the molecule is COc1cc2cc(C(=O)N3CC4CC45C(=O)C=CC=C35)[nH]c2c(OC)c1C.Cc1ccc2[nH]c(C(=O)N3CC4CC45C(=O)C=CC=C35)cc2c1. The molecule has 2 saturated carbocycles. The Bertz CT molecular complexity index is 2350. The van der Waals surface area contributed by atoms with Crippen LogP contribution >= 0.6 is 0 Å². The third-order valence-corrected chi connectivity index (χ3v) is 11.6. The van der Waals surface area contributed by atoms with Crippen LogP contribution in [0.2, 0.25) is 0 Å². The van der Waals surface area contributed by atoms with Crippen molar-refractivity contribution in [2.45, 2.75) is 26.7 Å². The average molecular weight is 669 g/mol. The van der Waals surface area contributed by atoms with Crippen LogP contribution in [0.3, 0.4) is 0 Å². The van der Waals surface area contributed by atoms with Gasteiger partial charge in [0.25, 0.3) is 11.8 Å². The predicted octanol–water partition coefficient (Wildman–Crippen LogP) is 5.94. The molecule has 2 saturated heterocycles. The van der Waals surface area contributed by atoms with Gasteiger partial charge in [0.15, 0.2) is 11.6 Å². The van der Waals surface area contributed by atoms with E-state index in [1.54, 1.807) is 48.3 Å². The number of ether oxygens (including phenoxy) is 2. The topological polar surface area (TPSA) is 125 Å². The van der Waals surface area contributed by atoms with Gasteiger partial charge in [-0.25, -0.2) is 0 Å². The van der Waals surface area contributed by atoms with Crippen molar-refractivity contribution in [2.24, 2.45) is 22.7 Å². The van der Waals surface area contributed by atoms with Crippen molar-refractivity contribution >= 4 is 45.2 Å². The van der Waals surface area contributed by atoms with Crippen molar-refractivity contribution in [2.75, 3.05) is 27.3 Å². The number of allylic oxidation sites excluding steroid dienone is 8. The zero-order chi connectivity index (χ0) is 34.7. The van der Waals surface area contributed by atoms with Crippen molar-refractivity contribution < 1.29 is 28.7 Å². The smallest absolute Gasteiger partial charge is 0.274 e. The first-order chi connectivity index (χ1) is 24.1. The molecule has 4 fully saturated rings. The Hall–Kier alpha value is -5.64. The molecule has 4 heterocycles. The fourth-order valence-electron chi connectivity index (χ4n) is 8.88. The molecule has 252 valence electrons. The molecule has 50 heavy (non-hydrogen) atoms. The maximum Gasteiger partial charge on any atom is 0.274 e. The minimum Gasteiger partial charge on any atom is -0.496 e. The lowest BCUT2D eigenvalue weighted by molar-refractivity contribution is -0.119. The molecule has 4 unspecified atom stereocenters. The molecule has 0 radical (unpaired) electrons. The first-order valence-corrected chi connectivity index (χ1v) is 16.9. The molecular weight excluding hydrogens is 632 g/mol. The van der Waals surface area contributed by atoms with E-state index in [1.165, 1.54) is 5.56 Å². The molecule has 10 nitrogen and oxygen atoms in total. The highest BCUT2D eigenvalue weighted by Gasteiger charge is 2.69. The maximum atomic E-state index is 13.2. The third-order valence-electron chi connectivity index (χ3n) is 11.6. The molecule has 2 aromatic heterocycles. The molecule has 2 aliphatic heterocycles. The number of nitrogens with zero attached hydrogens (tertiary/aromatic N) is 2.